The summed E-state index contributed by atoms with van der Waals surface area (Å²) in [6.07, 6.45) is 0.737. The molecule has 0 aromatic carbocycles. The van der Waals surface area contributed by atoms with Gasteiger partial charge in [-0.15, -0.1) is 0 Å². The van der Waals surface area contributed by atoms with E-state index in [9.17, 15) is 9.59 Å². The number of hydrogen-bond donors (Lipinski definition) is 1. The van der Waals surface area contributed by atoms with Crippen LogP contribution in [0.25, 0.3) is 0 Å². The zero-order valence-electron chi connectivity index (χ0n) is 19.9. The first-order valence-electron chi connectivity index (χ1n) is 10.3. The lowest BCUT2D eigenvalue weighted by Crippen LogP contribution is -2.59. The minimum Gasteiger partial charge on any atom is -0.444 e. The maximum absolute atomic E-state index is 13.0. The molecule has 7 heteroatoms. The molecular formula is C21H42N2O4Si. The molecule has 0 bridgehead atoms. The summed E-state index contributed by atoms with van der Waals surface area (Å²) in [4.78, 5) is 27.3. The minimum atomic E-state index is -1.96. The van der Waals surface area contributed by atoms with E-state index in [1.165, 1.54) is 0 Å². The molecule has 1 aliphatic heterocycles. The van der Waals surface area contributed by atoms with E-state index in [1.807, 2.05) is 41.5 Å². The van der Waals surface area contributed by atoms with Crippen LogP contribution in [0.2, 0.25) is 18.1 Å². The molecule has 6 nitrogen and oxygen atoms in total. The Morgan fingerprint density at radius 2 is 1.54 bits per heavy atom. The summed E-state index contributed by atoms with van der Waals surface area (Å²) in [6.45, 7) is 22.8. The van der Waals surface area contributed by atoms with Crippen molar-refractivity contribution < 1.29 is 18.8 Å². The highest BCUT2D eigenvalue weighted by Gasteiger charge is 2.44. The number of carbonyl (C=O) groups excluding carboxylic acids is 2. The van der Waals surface area contributed by atoms with Crippen LogP contribution in [0.1, 0.15) is 75.2 Å². The van der Waals surface area contributed by atoms with Gasteiger partial charge in [0.15, 0.2) is 8.32 Å². The number of hydrogen-bond acceptors (Lipinski definition) is 4. The third-order valence-corrected chi connectivity index (χ3v) is 9.79. The van der Waals surface area contributed by atoms with E-state index >= 15 is 0 Å². The van der Waals surface area contributed by atoms with Crippen molar-refractivity contribution >= 4 is 20.3 Å². The van der Waals surface area contributed by atoms with Crippen LogP contribution < -0.4 is 5.32 Å². The highest BCUT2D eigenvalue weighted by Crippen LogP contribution is 2.39. The molecule has 0 radical (unpaired) electrons. The van der Waals surface area contributed by atoms with E-state index in [4.69, 9.17) is 9.16 Å². The average molecular weight is 415 g/mol. The second-order valence-electron chi connectivity index (χ2n) is 11.5. The lowest BCUT2D eigenvalue weighted by atomic mass is 9.98. The molecule has 164 valence electrons. The van der Waals surface area contributed by atoms with Crippen LogP contribution in [0.15, 0.2) is 0 Å². The fourth-order valence-electron chi connectivity index (χ4n) is 2.87. The van der Waals surface area contributed by atoms with Crippen LogP contribution in [-0.4, -0.2) is 55.0 Å². The van der Waals surface area contributed by atoms with Gasteiger partial charge in [0.2, 0.25) is 5.91 Å². The molecule has 0 aliphatic carbocycles. The number of rotatable bonds is 3. The maximum atomic E-state index is 13.0. The monoisotopic (exact) mass is 414 g/mol. The Morgan fingerprint density at radius 3 is 1.96 bits per heavy atom. The van der Waals surface area contributed by atoms with E-state index in [0.29, 0.717) is 19.4 Å². The van der Waals surface area contributed by atoms with Crippen molar-refractivity contribution in [2.24, 2.45) is 0 Å². The summed E-state index contributed by atoms with van der Waals surface area (Å²) < 4.78 is 12.1. The third-order valence-electron chi connectivity index (χ3n) is 5.25. The molecule has 28 heavy (non-hydrogen) atoms. The minimum absolute atomic E-state index is 0.0321. The van der Waals surface area contributed by atoms with Crippen LogP contribution in [0.4, 0.5) is 4.79 Å². The van der Waals surface area contributed by atoms with Gasteiger partial charge in [-0.3, -0.25) is 9.69 Å². The van der Waals surface area contributed by atoms with Gasteiger partial charge in [0.1, 0.15) is 11.6 Å². The predicted molar refractivity (Wildman–Crippen MR) is 116 cm³/mol. The van der Waals surface area contributed by atoms with Gasteiger partial charge in [0.25, 0.3) is 0 Å². The summed E-state index contributed by atoms with van der Waals surface area (Å²) in [5.41, 5.74) is -0.972. The molecule has 0 aromatic rings. The van der Waals surface area contributed by atoms with Gasteiger partial charge in [0, 0.05) is 24.6 Å². The molecule has 1 N–H and O–H groups in total. The van der Waals surface area contributed by atoms with E-state index in [2.05, 4.69) is 39.2 Å². The van der Waals surface area contributed by atoms with E-state index in [-0.39, 0.29) is 22.6 Å². The molecule has 2 amide bonds. The number of ether oxygens (including phenoxy) is 1. The number of likely N-dealkylation sites (tertiary alicyclic amines) is 1. The SMILES string of the molecule is CC(C)(C)NC(=O)C1CC(O[Si](C)(C)C(C)(C)C)CCN1C(=O)OC(C)(C)C. The summed E-state index contributed by atoms with van der Waals surface area (Å²) in [5, 5.41) is 3.11. The Morgan fingerprint density at radius 1 is 1.00 bits per heavy atom. The van der Waals surface area contributed by atoms with Crippen LogP contribution in [0, 0.1) is 0 Å². The summed E-state index contributed by atoms with van der Waals surface area (Å²) in [6, 6.07) is -0.586. The first-order chi connectivity index (χ1) is 12.3. The number of amides is 2. The number of nitrogens with one attached hydrogen (secondary N) is 1. The smallest absolute Gasteiger partial charge is 0.410 e. The van der Waals surface area contributed by atoms with Gasteiger partial charge in [-0.1, -0.05) is 20.8 Å². The molecule has 1 aliphatic rings. The van der Waals surface area contributed by atoms with E-state index in [0.717, 1.165) is 0 Å². The van der Waals surface area contributed by atoms with Crippen LogP contribution in [0.3, 0.4) is 0 Å². The molecule has 0 aromatic heterocycles. The first-order valence-corrected chi connectivity index (χ1v) is 13.2. The molecule has 1 fully saturated rings. The first kappa shape index (κ1) is 25.0. The van der Waals surface area contributed by atoms with Crippen molar-refractivity contribution in [3.63, 3.8) is 0 Å². The van der Waals surface area contributed by atoms with Gasteiger partial charge in [-0.25, -0.2) is 4.79 Å². The Balaban J connectivity index is 3.03. The lowest BCUT2D eigenvalue weighted by molar-refractivity contribution is -0.130. The van der Waals surface area contributed by atoms with Crippen molar-refractivity contribution in [2.75, 3.05) is 6.54 Å². The second kappa shape index (κ2) is 8.34. The molecule has 0 saturated carbocycles. The molecular weight excluding hydrogens is 372 g/mol. The van der Waals surface area contributed by atoms with Crippen LogP contribution >= 0.6 is 0 Å². The molecule has 1 heterocycles. The molecule has 0 spiro atoms. The van der Waals surface area contributed by atoms with Gasteiger partial charge >= 0.3 is 6.09 Å². The maximum Gasteiger partial charge on any atom is 0.410 e. The summed E-state index contributed by atoms with van der Waals surface area (Å²) >= 11 is 0. The number of nitrogens with zero attached hydrogens (tertiary/aromatic N) is 1. The van der Waals surface area contributed by atoms with Crippen molar-refractivity contribution in [3.8, 4) is 0 Å². The largest absolute Gasteiger partial charge is 0.444 e. The van der Waals surface area contributed by atoms with Gasteiger partial charge < -0.3 is 14.5 Å². The zero-order chi connectivity index (χ0) is 22.1. The lowest BCUT2D eigenvalue weighted by Gasteiger charge is -2.44. The van der Waals surface area contributed by atoms with Gasteiger partial charge in [-0.2, -0.15) is 0 Å². The Kier molecular flexibility index (Phi) is 7.44. The molecule has 1 saturated heterocycles. The average Bonchev–Trinajstić information content (AvgIpc) is 2.41. The highest BCUT2D eigenvalue weighted by atomic mass is 28.4. The summed E-state index contributed by atoms with van der Waals surface area (Å²) in [7, 11) is -1.96. The van der Waals surface area contributed by atoms with E-state index < -0.39 is 26.1 Å². The zero-order valence-corrected chi connectivity index (χ0v) is 20.9. The van der Waals surface area contributed by atoms with Crippen molar-refractivity contribution in [1.29, 1.82) is 0 Å². The van der Waals surface area contributed by atoms with Crippen molar-refractivity contribution in [2.45, 2.75) is 117 Å². The Bertz CT molecular complexity index is 570. The number of carbonyl (C=O) groups is 2. The van der Waals surface area contributed by atoms with Crippen molar-refractivity contribution in [3.05, 3.63) is 0 Å². The standard InChI is InChI=1S/C21H42N2O4Si/c1-19(2,3)22-17(24)16-14-15(27-28(10,11)21(7,8)9)12-13-23(16)18(25)26-20(4,5)6/h15-16H,12-14H2,1-11H3,(H,22,24). The fourth-order valence-corrected chi connectivity index (χ4v) is 4.28. The summed E-state index contributed by atoms with van der Waals surface area (Å²) in [5.74, 6) is -0.151. The second-order valence-corrected chi connectivity index (χ2v) is 16.2. The molecule has 2 unspecified atom stereocenters. The van der Waals surface area contributed by atoms with Gasteiger partial charge in [0.05, 0.1) is 0 Å². The van der Waals surface area contributed by atoms with Gasteiger partial charge in [-0.05, 0) is 66.1 Å². The molecule has 1 rings (SSSR count). The molecule has 2 atom stereocenters. The van der Waals surface area contributed by atoms with Crippen molar-refractivity contribution in [1.82, 2.24) is 10.2 Å². The number of piperidine rings is 1. The topological polar surface area (TPSA) is 67.9 Å². The van der Waals surface area contributed by atoms with E-state index in [1.54, 1.807) is 4.90 Å². The van der Waals surface area contributed by atoms with Crippen LogP contribution in [-0.2, 0) is 14.0 Å². The third kappa shape index (κ3) is 7.39. The fraction of sp³-hybridized carbons (Fsp3) is 0.905. The normalized spacial score (nSPS) is 22.0. The highest BCUT2D eigenvalue weighted by molar-refractivity contribution is 6.74. The van der Waals surface area contributed by atoms with Crippen LogP contribution in [0.5, 0.6) is 0 Å². The Hall–Kier alpha value is -1.08. The predicted octanol–water partition coefficient (Wildman–Crippen LogP) is 4.69. The quantitative estimate of drug-likeness (QED) is 0.680. The Labute approximate surface area is 172 Å².